The van der Waals surface area contributed by atoms with E-state index in [4.69, 9.17) is 21.7 Å². The molecule has 0 radical (unpaired) electrons. The number of rotatable bonds is 9. The molecular weight excluding hydrogens is 581 g/mol. The van der Waals surface area contributed by atoms with Gasteiger partial charge in [-0.05, 0) is 91.2 Å². The maximum atomic E-state index is 14.5. The van der Waals surface area contributed by atoms with Crippen LogP contribution in [0.2, 0.25) is 5.02 Å². The molecule has 1 heterocycles. The lowest BCUT2D eigenvalue weighted by Crippen LogP contribution is -2.51. The first-order chi connectivity index (χ1) is 20.5. The monoisotopic (exact) mass is 625 g/mol. The first kappa shape index (κ1) is 33.6. The van der Waals surface area contributed by atoms with Gasteiger partial charge in [-0.1, -0.05) is 65.3 Å². The standard InChI is InChI=1S/C35H45ClFN3O4/c1-33(2,3)17-15-28(22-7-9-23(10-8-22)31(43)38-20-16-29(41)42)40-32(44)30(24-11-12-27(37)26(36)21-24)39-35(40)18-13-25(14-19-35)34(4,5)6/h7-12,21,25,28H,13-20H2,1-6H3,(H,38,43)(H,41,42). The van der Waals surface area contributed by atoms with Crippen molar-refractivity contribution in [2.75, 3.05) is 6.54 Å². The molecule has 2 N–H and O–H groups in total. The van der Waals surface area contributed by atoms with Gasteiger partial charge in [-0.25, -0.2) is 4.39 Å². The molecule has 0 aromatic heterocycles. The number of aliphatic imine (C=N–C) groups is 1. The van der Waals surface area contributed by atoms with Crippen molar-refractivity contribution in [3.8, 4) is 0 Å². The number of aliphatic carboxylic acids is 1. The summed E-state index contributed by atoms with van der Waals surface area (Å²) in [4.78, 5) is 45.1. The summed E-state index contributed by atoms with van der Waals surface area (Å²) >= 11 is 6.15. The molecule has 0 bridgehead atoms. The summed E-state index contributed by atoms with van der Waals surface area (Å²) in [6.45, 7) is 13.3. The Bertz CT molecular complexity index is 1420. The SMILES string of the molecule is CC(C)(C)CCC(c1ccc(C(=O)NCCC(=O)O)cc1)N1C(=O)C(c2ccc(F)c(Cl)c2)=NC12CCC(C(C)(C)C)CC2. The van der Waals surface area contributed by atoms with Crippen molar-refractivity contribution in [3.63, 3.8) is 0 Å². The summed E-state index contributed by atoms with van der Waals surface area (Å²) in [6, 6.07) is 11.2. The number of benzene rings is 2. The third-order valence-corrected chi connectivity index (χ3v) is 9.35. The van der Waals surface area contributed by atoms with E-state index in [1.807, 2.05) is 17.0 Å². The molecule has 1 unspecified atom stereocenters. The zero-order valence-corrected chi connectivity index (χ0v) is 27.4. The quantitative estimate of drug-likeness (QED) is 0.297. The minimum atomic E-state index is -0.979. The van der Waals surface area contributed by atoms with E-state index in [1.165, 1.54) is 12.1 Å². The number of amides is 2. The Labute approximate surface area is 265 Å². The first-order valence-electron chi connectivity index (χ1n) is 15.5. The largest absolute Gasteiger partial charge is 0.481 e. The van der Waals surface area contributed by atoms with E-state index < -0.39 is 17.4 Å². The van der Waals surface area contributed by atoms with Crippen LogP contribution >= 0.6 is 11.6 Å². The number of hydrogen-bond acceptors (Lipinski definition) is 4. The van der Waals surface area contributed by atoms with E-state index in [1.54, 1.807) is 18.2 Å². The van der Waals surface area contributed by atoms with Crippen molar-refractivity contribution < 1.29 is 23.9 Å². The minimum Gasteiger partial charge on any atom is -0.481 e. The Morgan fingerprint density at radius 1 is 1.09 bits per heavy atom. The molecule has 9 heteroatoms. The van der Waals surface area contributed by atoms with Crippen LogP contribution in [0.1, 0.15) is 114 Å². The second-order valence-corrected chi connectivity index (χ2v) is 14.9. The van der Waals surface area contributed by atoms with Gasteiger partial charge in [-0.2, -0.15) is 0 Å². The Morgan fingerprint density at radius 2 is 1.73 bits per heavy atom. The van der Waals surface area contributed by atoms with Gasteiger partial charge < -0.3 is 15.3 Å². The number of carboxylic acid groups (broad SMARTS) is 1. The molecule has 2 aromatic carbocycles. The summed E-state index contributed by atoms with van der Waals surface area (Å²) in [5.74, 6) is -1.58. The fourth-order valence-corrected chi connectivity index (χ4v) is 6.61. The molecule has 2 amide bonds. The number of nitrogens with one attached hydrogen (secondary N) is 1. The summed E-state index contributed by atoms with van der Waals surface area (Å²) in [5, 5.41) is 11.5. The molecule has 1 aliphatic carbocycles. The Morgan fingerprint density at radius 3 is 2.27 bits per heavy atom. The highest BCUT2D eigenvalue weighted by Gasteiger charge is 2.52. The van der Waals surface area contributed by atoms with Crippen molar-refractivity contribution in [1.82, 2.24) is 10.2 Å². The summed E-state index contributed by atoms with van der Waals surface area (Å²) < 4.78 is 14.1. The molecule has 1 spiro atoms. The second-order valence-electron chi connectivity index (χ2n) is 14.5. The Hall–Kier alpha value is -3.26. The van der Waals surface area contributed by atoms with Crippen LogP contribution < -0.4 is 5.32 Å². The number of halogens is 2. The Kier molecular flexibility index (Phi) is 9.93. The number of hydrogen-bond donors (Lipinski definition) is 2. The van der Waals surface area contributed by atoms with Crippen LogP contribution in [0.15, 0.2) is 47.5 Å². The van der Waals surface area contributed by atoms with Gasteiger partial charge in [0, 0.05) is 17.7 Å². The predicted molar refractivity (Wildman–Crippen MR) is 171 cm³/mol. The maximum Gasteiger partial charge on any atom is 0.305 e. The van der Waals surface area contributed by atoms with Gasteiger partial charge in [0.1, 0.15) is 17.2 Å². The normalized spacial score (nSPS) is 21.4. The highest BCUT2D eigenvalue weighted by molar-refractivity contribution is 6.47. The Balaban J connectivity index is 1.74. The molecule has 44 heavy (non-hydrogen) atoms. The van der Waals surface area contributed by atoms with Crippen molar-refractivity contribution >= 4 is 35.1 Å². The fourth-order valence-electron chi connectivity index (χ4n) is 6.43. The van der Waals surface area contributed by atoms with E-state index >= 15 is 0 Å². The maximum absolute atomic E-state index is 14.5. The van der Waals surface area contributed by atoms with Crippen molar-refractivity contribution in [2.45, 2.75) is 98.2 Å². The van der Waals surface area contributed by atoms with Crippen LogP contribution in [0.3, 0.4) is 0 Å². The van der Waals surface area contributed by atoms with E-state index in [0.717, 1.165) is 37.7 Å². The van der Waals surface area contributed by atoms with Gasteiger partial charge in [0.05, 0.1) is 17.5 Å². The fraction of sp³-hybridized carbons (Fsp3) is 0.543. The molecular formula is C35H45ClFN3O4. The molecule has 238 valence electrons. The van der Waals surface area contributed by atoms with Gasteiger partial charge in [0.15, 0.2) is 0 Å². The third kappa shape index (κ3) is 7.68. The highest BCUT2D eigenvalue weighted by atomic mass is 35.5. The molecule has 2 aromatic rings. The van der Waals surface area contributed by atoms with Gasteiger partial charge in [-0.15, -0.1) is 0 Å². The van der Waals surface area contributed by atoms with Crippen LogP contribution in [-0.4, -0.2) is 45.7 Å². The van der Waals surface area contributed by atoms with Crippen LogP contribution in [0, 0.1) is 22.6 Å². The number of nitrogens with zero attached hydrogens (tertiary/aromatic N) is 2. The average molecular weight is 626 g/mol. The molecule has 7 nitrogen and oxygen atoms in total. The van der Waals surface area contributed by atoms with Crippen LogP contribution in [0.5, 0.6) is 0 Å². The van der Waals surface area contributed by atoms with Crippen molar-refractivity contribution in [1.29, 1.82) is 0 Å². The average Bonchev–Trinajstić information content (AvgIpc) is 3.20. The first-order valence-corrected chi connectivity index (χ1v) is 15.9. The minimum absolute atomic E-state index is 0.0101. The molecule has 4 rings (SSSR count). The number of carboxylic acids is 1. The van der Waals surface area contributed by atoms with Crippen molar-refractivity contribution in [2.24, 2.45) is 21.7 Å². The van der Waals surface area contributed by atoms with Gasteiger partial charge >= 0.3 is 5.97 Å². The predicted octanol–water partition coefficient (Wildman–Crippen LogP) is 7.82. The third-order valence-electron chi connectivity index (χ3n) is 9.06. The van der Waals surface area contributed by atoms with Crippen molar-refractivity contribution in [3.05, 3.63) is 70.0 Å². The van der Waals surface area contributed by atoms with Crippen LogP contribution in [0.4, 0.5) is 4.39 Å². The smallest absolute Gasteiger partial charge is 0.305 e. The van der Waals surface area contributed by atoms with Crippen LogP contribution in [0.25, 0.3) is 0 Å². The molecule has 1 atom stereocenters. The lowest BCUT2D eigenvalue weighted by atomic mass is 9.69. The zero-order valence-electron chi connectivity index (χ0n) is 26.7. The van der Waals surface area contributed by atoms with Crippen LogP contribution in [-0.2, 0) is 9.59 Å². The lowest BCUT2D eigenvalue weighted by molar-refractivity contribution is -0.137. The van der Waals surface area contributed by atoms with Gasteiger partial charge in [-0.3, -0.25) is 19.4 Å². The number of carbonyl (C=O) groups is 3. The van der Waals surface area contributed by atoms with E-state index in [2.05, 4.69) is 46.9 Å². The molecule has 2 aliphatic rings. The lowest BCUT2D eigenvalue weighted by Gasteiger charge is -2.47. The highest BCUT2D eigenvalue weighted by Crippen LogP contribution is 2.50. The van der Waals surface area contributed by atoms with E-state index in [9.17, 15) is 18.8 Å². The molecule has 1 saturated carbocycles. The molecule has 0 saturated heterocycles. The topological polar surface area (TPSA) is 99.1 Å². The second kappa shape index (κ2) is 13.0. The molecule has 1 aliphatic heterocycles. The summed E-state index contributed by atoms with van der Waals surface area (Å²) in [5.41, 5.74) is 1.52. The van der Waals surface area contributed by atoms with Gasteiger partial charge in [0.2, 0.25) is 0 Å². The van der Waals surface area contributed by atoms with E-state index in [0.29, 0.717) is 29.2 Å². The number of carbonyl (C=O) groups excluding carboxylic acids is 2. The summed E-state index contributed by atoms with van der Waals surface area (Å²) in [7, 11) is 0. The summed E-state index contributed by atoms with van der Waals surface area (Å²) in [6.07, 6.45) is 4.67. The zero-order chi connectivity index (χ0) is 32.4. The van der Waals surface area contributed by atoms with Gasteiger partial charge in [0.25, 0.3) is 11.8 Å². The molecule has 1 fully saturated rings. The van der Waals surface area contributed by atoms with E-state index in [-0.39, 0.29) is 46.7 Å².